The van der Waals surface area contributed by atoms with Crippen LogP contribution in [0.3, 0.4) is 0 Å². The maximum Gasteiger partial charge on any atom is 0.246 e. The van der Waals surface area contributed by atoms with Crippen molar-refractivity contribution in [1.29, 1.82) is 0 Å². The number of ether oxygens (including phenoxy) is 1. The Morgan fingerprint density at radius 1 is 1.07 bits per heavy atom. The quantitative estimate of drug-likeness (QED) is 0.567. The second-order valence-electron chi connectivity index (χ2n) is 11.4. The number of nitrogens with one attached hydrogen (secondary N) is 1. The normalized spacial score (nSPS) is 36.7. The molecule has 0 aromatic heterocycles. The molecule has 2 atom stereocenters. The molecule has 0 aliphatic heterocycles. The van der Waals surface area contributed by atoms with Crippen LogP contribution < -0.4 is 10.2 Å². The van der Waals surface area contributed by atoms with Gasteiger partial charge >= 0.3 is 0 Å². The first kappa shape index (κ1) is 19.5. The Balaban J connectivity index is 1.41. The van der Waals surface area contributed by atoms with Gasteiger partial charge in [-0.25, -0.2) is 5.43 Å². The molecule has 0 spiro atoms. The average molecular weight is 383 g/mol. The molecule has 1 aromatic carbocycles. The van der Waals surface area contributed by atoms with Crippen LogP contribution in [0.25, 0.3) is 0 Å². The van der Waals surface area contributed by atoms with Gasteiger partial charge in [0.05, 0.1) is 11.6 Å². The molecule has 0 saturated heterocycles. The molecule has 1 amide bonds. The third kappa shape index (κ3) is 3.83. The first-order valence-corrected chi connectivity index (χ1v) is 10.6. The Kier molecular flexibility index (Phi) is 4.40. The van der Waals surface area contributed by atoms with Gasteiger partial charge in [0.2, 0.25) is 5.91 Å². The fourth-order valence-corrected chi connectivity index (χ4v) is 6.96. The minimum atomic E-state index is -0.218. The molecule has 0 radical (unpaired) electrons. The number of benzene rings is 1. The molecule has 4 bridgehead atoms. The third-order valence-electron chi connectivity index (χ3n) is 6.79. The number of hydrazone groups is 1. The van der Waals surface area contributed by atoms with Gasteiger partial charge < -0.3 is 4.74 Å². The fraction of sp³-hybridized carbons (Fsp3) is 0.667. The van der Waals surface area contributed by atoms with Crippen LogP contribution in [0.4, 0.5) is 0 Å². The van der Waals surface area contributed by atoms with Crippen molar-refractivity contribution in [3.8, 4) is 5.75 Å². The summed E-state index contributed by atoms with van der Waals surface area (Å²) in [5.74, 6) is 1.66. The Morgan fingerprint density at radius 2 is 1.68 bits per heavy atom. The largest absolute Gasteiger partial charge is 0.488 e. The molecule has 152 valence electrons. The lowest BCUT2D eigenvalue weighted by Gasteiger charge is -2.64. The Bertz CT molecular complexity index is 772. The summed E-state index contributed by atoms with van der Waals surface area (Å²) in [5, 5.41) is 4.28. The van der Waals surface area contributed by atoms with Gasteiger partial charge in [-0.05, 0) is 106 Å². The van der Waals surface area contributed by atoms with Crippen molar-refractivity contribution in [1.82, 2.24) is 5.43 Å². The van der Waals surface area contributed by atoms with Crippen molar-refractivity contribution in [2.75, 3.05) is 0 Å². The molecule has 0 heterocycles. The maximum absolute atomic E-state index is 13.1. The summed E-state index contributed by atoms with van der Waals surface area (Å²) < 4.78 is 5.84. The average Bonchev–Trinajstić information content (AvgIpc) is 2.51. The standard InChI is InChI=1S/C24H34N2O2/c1-21(2,3)28-19-8-6-17(7-9-19)13-25-26-20(27)24-12-18-10-22(4,15-24)14-23(5,11-18)16-24/h6-9,13,18H,10-12,14-16H2,1-5H3,(H,26,27)/b25-13+. The van der Waals surface area contributed by atoms with E-state index in [1.807, 2.05) is 45.0 Å². The van der Waals surface area contributed by atoms with Crippen molar-refractivity contribution in [2.24, 2.45) is 27.3 Å². The zero-order valence-corrected chi connectivity index (χ0v) is 18.0. The van der Waals surface area contributed by atoms with Crippen LogP contribution in [-0.4, -0.2) is 17.7 Å². The van der Waals surface area contributed by atoms with Gasteiger partial charge in [0.1, 0.15) is 11.4 Å². The van der Waals surface area contributed by atoms with E-state index in [2.05, 4.69) is 24.4 Å². The molecule has 4 nitrogen and oxygen atoms in total. The van der Waals surface area contributed by atoms with E-state index in [4.69, 9.17) is 4.74 Å². The Labute approximate surface area is 169 Å². The van der Waals surface area contributed by atoms with Crippen molar-refractivity contribution < 1.29 is 9.53 Å². The molecule has 5 rings (SSSR count). The number of hydrogen-bond acceptors (Lipinski definition) is 3. The number of nitrogens with zero attached hydrogens (tertiary/aromatic N) is 1. The van der Waals surface area contributed by atoms with E-state index in [0.717, 1.165) is 30.6 Å². The van der Waals surface area contributed by atoms with E-state index < -0.39 is 0 Å². The lowest BCUT2D eigenvalue weighted by Crippen LogP contribution is -2.59. The summed E-state index contributed by atoms with van der Waals surface area (Å²) in [4.78, 5) is 13.1. The van der Waals surface area contributed by atoms with Crippen molar-refractivity contribution in [3.63, 3.8) is 0 Å². The monoisotopic (exact) mass is 382 g/mol. The van der Waals surface area contributed by atoms with Gasteiger partial charge in [-0.15, -0.1) is 0 Å². The van der Waals surface area contributed by atoms with Crippen LogP contribution in [0.2, 0.25) is 0 Å². The van der Waals surface area contributed by atoms with Gasteiger partial charge in [-0.1, -0.05) is 13.8 Å². The Hall–Kier alpha value is -1.84. The minimum Gasteiger partial charge on any atom is -0.488 e. The molecule has 4 aliphatic rings. The molecule has 4 heteroatoms. The second-order valence-corrected chi connectivity index (χ2v) is 11.4. The van der Waals surface area contributed by atoms with Crippen LogP contribution in [0.5, 0.6) is 5.75 Å². The van der Waals surface area contributed by atoms with E-state index in [0.29, 0.717) is 16.7 Å². The molecule has 4 fully saturated rings. The molecular weight excluding hydrogens is 348 g/mol. The summed E-state index contributed by atoms with van der Waals surface area (Å²) in [7, 11) is 0. The highest BCUT2D eigenvalue weighted by Crippen LogP contribution is 2.69. The first-order valence-electron chi connectivity index (χ1n) is 10.6. The van der Waals surface area contributed by atoms with Crippen LogP contribution in [-0.2, 0) is 4.79 Å². The number of rotatable bonds is 4. The molecule has 1 aromatic rings. The topological polar surface area (TPSA) is 50.7 Å². The maximum atomic E-state index is 13.1. The molecule has 2 unspecified atom stereocenters. The smallest absolute Gasteiger partial charge is 0.246 e. The number of amides is 1. The van der Waals surface area contributed by atoms with Crippen molar-refractivity contribution >= 4 is 12.1 Å². The van der Waals surface area contributed by atoms with Crippen LogP contribution in [0.1, 0.15) is 78.7 Å². The van der Waals surface area contributed by atoms with Gasteiger partial charge in [-0.2, -0.15) is 5.10 Å². The highest BCUT2D eigenvalue weighted by molar-refractivity contribution is 5.86. The van der Waals surface area contributed by atoms with E-state index in [1.54, 1.807) is 6.21 Å². The summed E-state index contributed by atoms with van der Waals surface area (Å²) in [6.07, 6.45) is 8.67. The van der Waals surface area contributed by atoms with E-state index in [9.17, 15) is 4.79 Å². The highest BCUT2D eigenvalue weighted by atomic mass is 16.5. The summed E-state index contributed by atoms with van der Waals surface area (Å²) in [6.45, 7) is 10.9. The number of hydrogen-bond donors (Lipinski definition) is 1. The highest BCUT2D eigenvalue weighted by Gasteiger charge is 2.62. The predicted molar refractivity (Wildman–Crippen MR) is 112 cm³/mol. The van der Waals surface area contributed by atoms with Gasteiger partial charge in [0, 0.05) is 0 Å². The van der Waals surface area contributed by atoms with Gasteiger partial charge in [0.25, 0.3) is 0 Å². The SMILES string of the molecule is CC12CC3CC(C)(C1)CC(C(=O)N/N=C/c1ccc(OC(C)(C)C)cc1)(C3)C2. The summed E-state index contributed by atoms with van der Waals surface area (Å²) in [5.41, 5.74) is 4.06. The molecule has 4 saturated carbocycles. The third-order valence-corrected chi connectivity index (χ3v) is 6.79. The second kappa shape index (κ2) is 6.33. The van der Waals surface area contributed by atoms with Crippen molar-refractivity contribution in [3.05, 3.63) is 29.8 Å². The minimum absolute atomic E-state index is 0.123. The number of carbonyl (C=O) groups is 1. The zero-order valence-electron chi connectivity index (χ0n) is 18.0. The van der Waals surface area contributed by atoms with E-state index in [1.165, 1.54) is 19.3 Å². The van der Waals surface area contributed by atoms with E-state index >= 15 is 0 Å². The lowest BCUT2D eigenvalue weighted by molar-refractivity contribution is -0.170. The van der Waals surface area contributed by atoms with Crippen LogP contribution in [0, 0.1) is 22.2 Å². The predicted octanol–water partition coefficient (Wildman–Crippen LogP) is 5.31. The van der Waals surface area contributed by atoms with Crippen molar-refractivity contribution in [2.45, 2.75) is 78.7 Å². The van der Waals surface area contributed by atoms with E-state index in [-0.39, 0.29) is 16.9 Å². The van der Waals surface area contributed by atoms with Gasteiger partial charge in [-0.3, -0.25) is 4.79 Å². The van der Waals surface area contributed by atoms with Crippen LogP contribution >= 0.6 is 0 Å². The van der Waals surface area contributed by atoms with Gasteiger partial charge in [0.15, 0.2) is 0 Å². The molecular formula is C24H34N2O2. The van der Waals surface area contributed by atoms with Crippen LogP contribution in [0.15, 0.2) is 29.4 Å². The molecule has 4 aliphatic carbocycles. The number of carbonyl (C=O) groups excluding carboxylic acids is 1. The summed E-state index contributed by atoms with van der Waals surface area (Å²) in [6, 6.07) is 7.80. The fourth-order valence-electron chi connectivity index (χ4n) is 6.96. The first-order chi connectivity index (χ1) is 13.0. The zero-order chi connectivity index (χ0) is 20.2. The Morgan fingerprint density at radius 3 is 2.21 bits per heavy atom. The summed E-state index contributed by atoms with van der Waals surface area (Å²) >= 11 is 0. The molecule has 1 N–H and O–H groups in total. The lowest BCUT2D eigenvalue weighted by atomic mass is 9.40. The molecule has 28 heavy (non-hydrogen) atoms.